The lowest BCUT2D eigenvalue weighted by atomic mass is 10.1. The van der Waals surface area contributed by atoms with Crippen molar-refractivity contribution in [2.75, 3.05) is 5.73 Å². The van der Waals surface area contributed by atoms with Crippen LogP contribution in [0.1, 0.15) is 22.3 Å². The topological polar surface area (TPSA) is 130 Å². The minimum Gasteiger partial charge on any atom is -0.399 e. The van der Waals surface area contributed by atoms with E-state index in [0.717, 1.165) is 27.9 Å². The number of aryl methyl sites for hydroxylation is 4. The number of hydrogen-bond acceptors (Lipinski definition) is 7. The Hall–Kier alpha value is -3.43. The summed E-state index contributed by atoms with van der Waals surface area (Å²) in [6.45, 7) is 7.57. The van der Waals surface area contributed by atoms with Crippen molar-refractivity contribution in [2.45, 2.75) is 32.6 Å². The second-order valence-electron chi connectivity index (χ2n) is 7.26. The highest BCUT2D eigenvalue weighted by atomic mass is 32.2. The van der Waals surface area contributed by atoms with Crippen LogP contribution in [0.5, 0.6) is 0 Å². The molecule has 0 heterocycles. The van der Waals surface area contributed by atoms with Crippen LogP contribution in [0.25, 0.3) is 0 Å². The van der Waals surface area contributed by atoms with Gasteiger partial charge in [0.15, 0.2) is 0 Å². The predicted molar refractivity (Wildman–Crippen MR) is 121 cm³/mol. The Kier molecular flexibility index (Phi) is 6.28. The second kappa shape index (κ2) is 8.75. The molecular formula is C22H23N5O3S. The lowest BCUT2D eigenvalue weighted by Crippen LogP contribution is -1.97. The zero-order chi connectivity index (χ0) is 22.8. The maximum absolute atomic E-state index is 11.5. The van der Waals surface area contributed by atoms with Crippen molar-refractivity contribution in [1.29, 1.82) is 0 Å². The Bertz CT molecular complexity index is 1310. The van der Waals surface area contributed by atoms with Gasteiger partial charge >= 0.3 is 0 Å². The van der Waals surface area contributed by atoms with E-state index in [9.17, 15) is 13.0 Å². The molecule has 3 aromatic rings. The lowest BCUT2D eigenvalue weighted by molar-refractivity contribution is 0.483. The van der Waals surface area contributed by atoms with Gasteiger partial charge in [0.2, 0.25) is 0 Å². The minimum absolute atomic E-state index is 0.0556. The monoisotopic (exact) mass is 437 g/mol. The summed E-state index contributed by atoms with van der Waals surface area (Å²) < 4.78 is 32.4. The fourth-order valence-corrected chi connectivity index (χ4v) is 3.53. The molecule has 9 heteroatoms. The Morgan fingerprint density at radius 3 is 1.61 bits per heavy atom. The van der Waals surface area contributed by atoms with Gasteiger partial charge in [-0.05, 0) is 86.3 Å². The number of nitrogens with zero attached hydrogens (tertiary/aromatic N) is 4. The first-order valence-electron chi connectivity index (χ1n) is 9.44. The van der Waals surface area contributed by atoms with E-state index in [-0.39, 0.29) is 10.6 Å². The van der Waals surface area contributed by atoms with Gasteiger partial charge in [0.05, 0.1) is 17.1 Å². The molecule has 0 aliphatic rings. The smallest absolute Gasteiger partial charge is 0.296 e. The molecule has 3 aromatic carbocycles. The van der Waals surface area contributed by atoms with E-state index in [4.69, 9.17) is 5.73 Å². The maximum Gasteiger partial charge on any atom is 0.296 e. The maximum atomic E-state index is 11.5. The highest BCUT2D eigenvalue weighted by molar-refractivity contribution is 7.86. The van der Waals surface area contributed by atoms with Gasteiger partial charge in [0.25, 0.3) is 10.1 Å². The summed E-state index contributed by atoms with van der Waals surface area (Å²) in [6, 6.07) is 13.3. The zero-order valence-electron chi connectivity index (χ0n) is 17.7. The van der Waals surface area contributed by atoms with Gasteiger partial charge in [0.1, 0.15) is 10.6 Å². The molecule has 0 aliphatic heterocycles. The molecule has 0 saturated heterocycles. The van der Waals surface area contributed by atoms with Gasteiger partial charge in [-0.25, -0.2) is 0 Å². The Balaban J connectivity index is 1.92. The van der Waals surface area contributed by atoms with Gasteiger partial charge in [0, 0.05) is 5.69 Å². The van der Waals surface area contributed by atoms with Gasteiger partial charge < -0.3 is 5.73 Å². The van der Waals surface area contributed by atoms with Crippen molar-refractivity contribution in [3.8, 4) is 0 Å². The van der Waals surface area contributed by atoms with Crippen molar-refractivity contribution in [2.24, 2.45) is 20.5 Å². The van der Waals surface area contributed by atoms with Crippen LogP contribution in [0.15, 0.2) is 73.9 Å². The molecule has 0 aliphatic carbocycles. The first-order chi connectivity index (χ1) is 14.6. The third kappa shape index (κ3) is 5.19. The molecular weight excluding hydrogens is 414 g/mol. The molecule has 8 nitrogen and oxygen atoms in total. The third-order valence-electron chi connectivity index (χ3n) is 4.77. The van der Waals surface area contributed by atoms with Crippen LogP contribution < -0.4 is 5.73 Å². The fraction of sp³-hybridized carbons (Fsp3) is 0.182. The number of nitrogen functional groups attached to an aromatic ring is 1. The number of hydrogen-bond donors (Lipinski definition) is 2. The van der Waals surface area contributed by atoms with Crippen LogP contribution in [0.2, 0.25) is 0 Å². The predicted octanol–water partition coefficient (Wildman–Crippen LogP) is 6.58. The fourth-order valence-electron chi connectivity index (χ4n) is 2.91. The summed E-state index contributed by atoms with van der Waals surface area (Å²) in [6.07, 6.45) is 0. The second-order valence-corrected chi connectivity index (χ2v) is 8.65. The van der Waals surface area contributed by atoms with Gasteiger partial charge in [-0.2, -0.15) is 23.8 Å². The summed E-state index contributed by atoms with van der Waals surface area (Å²) in [4.78, 5) is -0.298. The van der Waals surface area contributed by atoms with Gasteiger partial charge in [-0.15, -0.1) is 5.11 Å². The molecule has 0 aromatic heterocycles. The van der Waals surface area contributed by atoms with E-state index in [2.05, 4.69) is 20.5 Å². The Morgan fingerprint density at radius 1 is 0.677 bits per heavy atom. The molecule has 0 unspecified atom stereocenters. The lowest BCUT2D eigenvalue weighted by Gasteiger charge is -2.07. The summed E-state index contributed by atoms with van der Waals surface area (Å²) in [5.74, 6) is 0. The van der Waals surface area contributed by atoms with Crippen LogP contribution in [-0.2, 0) is 10.1 Å². The first-order valence-corrected chi connectivity index (χ1v) is 10.9. The summed E-state index contributed by atoms with van der Waals surface area (Å²) >= 11 is 0. The molecule has 0 saturated carbocycles. The Morgan fingerprint density at radius 2 is 1.10 bits per heavy atom. The molecule has 0 fully saturated rings. The third-order valence-corrected chi connectivity index (χ3v) is 5.67. The molecule has 0 bridgehead atoms. The zero-order valence-corrected chi connectivity index (χ0v) is 18.5. The highest BCUT2D eigenvalue weighted by Gasteiger charge is 2.14. The van der Waals surface area contributed by atoms with Crippen LogP contribution in [-0.4, -0.2) is 13.0 Å². The molecule has 0 radical (unpaired) electrons. The van der Waals surface area contributed by atoms with Gasteiger partial charge in [-0.1, -0.05) is 12.1 Å². The number of anilines is 1. The van der Waals surface area contributed by atoms with E-state index in [0.29, 0.717) is 17.1 Å². The number of nitrogens with two attached hydrogens (primary N) is 1. The first kappa shape index (κ1) is 22.3. The number of benzene rings is 3. The molecule has 0 amide bonds. The molecule has 3 N–H and O–H groups in total. The van der Waals surface area contributed by atoms with E-state index < -0.39 is 10.1 Å². The molecule has 3 rings (SSSR count). The highest BCUT2D eigenvalue weighted by Crippen LogP contribution is 2.33. The van der Waals surface area contributed by atoms with Crippen molar-refractivity contribution >= 4 is 38.6 Å². The molecule has 0 spiro atoms. The Labute approximate surface area is 181 Å². The largest absolute Gasteiger partial charge is 0.399 e. The molecule has 160 valence electrons. The quantitative estimate of drug-likeness (QED) is 0.265. The van der Waals surface area contributed by atoms with Crippen LogP contribution >= 0.6 is 0 Å². The SMILES string of the molecule is Cc1cc(N=Nc2cc(C)c(N=Nc3ccccc3S(=O)(=O)O)cc2C)c(C)cc1N. The van der Waals surface area contributed by atoms with Gasteiger partial charge in [-0.3, -0.25) is 4.55 Å². The van der Waals surface area contributed by atoms with E-state index in [1.807, 2.05) is 45.9 Å². The minimum atomic E-state index is -4.39. The molecule has 0 atom stereocenters. The molecule has 31 heavy (non-hydrogen) atoms. The number of azo groups is 2. The number of rotatable bonds is 5. The van der Waals surface area contributed by atoms with Crippen molar-refractivity contribution in [3.05, 3.63) is 70.8 Å². The summed E-state index contributed by atoms with van der Waals surface area (Å²) in [7, 11) is -4.39. The van der Waals surface area contributed by atoms with E-state index in [1.54, 1.807) is 12.1 Å². The van der Waals surface area contributed by atoms with Crippen LogP contribution in [0, 0.1) is 27.7 Å². The normalized spacial score (nSPS) is 12.2. The van der Waals surface area contributed by atoms with Crippen LogP contribution in [0.4, 0.5) is 28.4 Å². The van der Waals surface area contributed by atoms with Crippen molar-refractivity contribution in [1.82, 2.24) is 0 Å². The van der Waals surface area contributed by atoms with E-state index >= 15 is 0 Å². The van der Waals surface area contributed by atoms with E-state index in [1.165, 1.54) is 18.2 Å². The summed E-state index contributed by atoms with van der Waals surface area (Å²) in [5.41, 5.74) is 12.2. The average Bonchev–Trinajstić information content (AvgIpc) is 2.70. The standard InChI is InChI=1S/C22H23N5O3S/c1-13-10-19(14(2)9-17(13)23)26-27-21-12-15(3)20(11-16(21)4)25-24-18-7-5-6-8-22(18)31(28,29)30/h5-12H,23H2,1-4H3,(H,28,29,30). The summed E-state index contributed by atoms with van der Waals surface area (Å²) in [5, 5.41) is 16.9. The van der Waals surface area contributed by atoms with Crippen LogP contribution in [0.3, 0.4) is 0 Å². The van der Waals surface area contributed by atoms with Crippen molar-refractivity contribution < 1.29 is 13.0 Å². The average molecular weight is 438 g/mol. The van der Waals surface area contributed by atoms with Crippen molar-refractivity contribution in [3.63, 3.8) is 0 Å².